The summed E-state index contributed by atoms with van der Waals surface area (Å²) in [5.41, 5.74) is 3.16. The quantitative estimate of drug-likeness (QED) is 0.584. The average Bonchev–Trinajstić information content (AvgIpc) is 2.78. The van der Waals surface area contributed by atoms with Gasteiger partial charge in [0.2, 0.25) is 5.91 Å². The van der Waals surface area contributed by atoms with Crippen LogP contribution in [0.25, 0.3) is 11.3 Å². The van der Waals surface area contributed by atoms with Crippen LogP contribution in [0.15, 0.2) is 71.8 Å². The fourth-order valence-corrected chi connectivity index (χ4v) is 3.58. The summed E-state index contributed by atoms with van der Waals surface area (Å²) in [6.07, 6.45) is 0. The fourth-order valence-electron chi connectivity index (χ4n) is 2.80. The minimum absolute atomic E-state index is 0.0849. The maximum Gasteiger partial charge on any atom is 0.230 e. The number of carbonyl (C=O) groups is 1. The standard InChI is InChI=1S/C23H21N3O2S/c1-16(17-6-4-3-5-7-17)25-22(27)15-29-23-19(14-24)10-13-21(26-23)18-8-11-20(28-2)12-9-18/h3-13,16H,15H2,1-2H3,(H,25,27)/t16-/m0/s1. The maximum absolute atomic E-state index is 12.4. The second-order valence-electron chi connectivity index (χ2n) is 6.38. The normalized spacial score (nSPS) is 11.3. The van der Waals surface area contributed by atoms with E-state index in [1.54, 1.807) is 13.2 Å². The van der Waals surface area contributed by atoms with E-state index in [4.69, 9.17) is 4.74 Å². The number of methoxy groups -OCH3 is 1. The van der Waals surface area contributed by atoms with Gasteiger partial charge in [0.1, 0.15) is 16.8 Å². The Morgan fingerprint density at radius 3 is 2.52 bits per heavy atom. The van der Waals surface area contributed by atoms with Gasteiger partial charge in [-0.2, -0.15) is 5.26 Å². The molecule has 0 saturated carbocycles. The molecule has 0 spiro atoms. The number of nitrogens with one attached hydrogen (secondary N) is 1. The number of benzene rings is 2. The summed E-state index contributed by atoms with van der Waals surface area (Å²) >= 11 is 1.26. The predicted octanol–water partition coefficient (Wildman–Crippen LogP) is 4.60. The number of nitriles is 1. The van der Waals surface area contributed by atoms with Crippen molar-refractivity contribution in [3.63, 3.8) is 0 Å². The first-order chi connectivity index (χ1) is 14.1. The van der Waals surface area contributed by atoms with Gasteiger partial charge in [-0.25, -0.2) is 4.98 Å². The number of thioether (sulfide) groups is 1. The number of aromatic nitrogens is 1. The number of carbonyl (C=O) groups excluding carboxylic acids is 1. The molecule has 1 aromatic heterocycles. The molecule has 1 heterocycles. The van der Waals surface area contributed by atoms with E-state index in [-0.39, 0.29) is 17.7 Å². The van der Waals surface area contributed by atoms with Crippen molar-refractivity contribution in [2.75, 3.05) is 12.9 Å². The van der Waals surface area contributed by atoms with Crippen molar-refractivity contribution >= 4 is 17.7 Å². The summed E-state index contributed by atoms with van der Waals surface area (Å²) in [7, 11) is 1.62. The highest BCUT2D eigenvalue weighted by atomic mass is 32.2. The lowest BCUT2D eigenvalue weighted by Gasteiger charge is -2.14. The molecule has 0 bridgehead atoms. The summed E-state index contributed by atoms with van der Waals surface area (Å²) in [4.78, 5) is 17.0. The monoisotopic (exact) mass is 403 g/mol. The third-order valence-corrected chi connectivity index (χ3v) is 5.37. The number of nitrogens with zero attached hydrogens (tertiary/aromatic N) is 2. The number of pyridine rings is 1. The van der Waals surface area contributed by atoms with Crippen LogP contribution >= 0.6 is 11.8 Å². The van der Waals surface area contributed by atoms with Crippen molar-refractivity contribution in [2.24, 2.45) is 0 Å². The Morgan fingerprint density at radius 2 is 1.86 bits per heavy atom. The third-order valence-electron chi connectivity index (χ3n) is 4.38. The Hall–Kier alpha value is -3.30. The molecule has 2 aromatic carbocycles. The molecule has 0 aliphatic heterocycles. The van der Waals surface area contributed by atoms with Crippen LogP contribution in [0.1, 0.15) is 24.1 Å². The Balaban J connectivity index is 1.69. The molecule has 0 saturated heterocycles. The zero-order valence-corrected chi connectivity index (χ0v) is 17.1. The third kappa shape index (κ3) is 5.37. The average molecular weight is 404 g/mol. The van der Waals surface area contributed by atoms with Crippen LogP contribution in [-0.4, -0.2) is 23.8 Å². The molecule has 0 fully saturated rings. The molecule has 1 atom stereocenters. The summed E-state index contributed by atoms with van der Waals surface area (Å²) < 4.78 is 5.18. The van der Waals surface area contributed by atoms with Crippen LogP contribution in [0.5, 0.6) is 5.75 Å². The molecule has 0 aliphatic rings. The van der Waals surface area contributed by atoms with Crippen molar-refractivity contribution < 1.29 is 9.53 Å². The first-order valence-corrected chi connectivity index (χ1v) is 10.1. The molecule has 1 N–H and O–H groups in total. The minimum Gasteiger partial charge on any atom is -0.497 e. The van der Waals surface area contributed by atoms with Crippen molar-refractivity contribution in [2.45, 2.75) is 18.0 Å². The van der Waals surface area contributed by atoms with Crippen LogP contribution in [0.4, 0.5) is 0 Å². The van der Waals surface area contributed by atoms with E-state index in [9.17, 15) is 10.1 Å². The fraction of sp³-hybridized carbons (Fsp3) is 0.174. The Morgan fingerprint density at radius 1 is 1.14 bits per heavy atom. The Bertz CT molecular complexity index is 1010. The van der Waals surface area contributed by atoms with Gasteiger partial charge in [-0.3, -0.25) is 4.79 Å². The molecule has 6 heteroatoms. The van der Waals surface area contributed by atoms with Gasteiger partial charge >= 0.3 is 0 Å². The molecule has 0 aliphatic carbocycles. The van der Waals surface area contributed by atoms with Crippen molar-refractivity contribution in [3.8, 4) is 23.1 Å². The van der Waals surface area contributed by atoms with Gasteiger partial charge in [-0.05, 0) is 48.9 Å². The number of rotatable bonds is 7. The van der Waals surface area contributed by atoms with E-state index in [0.717, 1.165) is 22.6 Å². The van der Waals surface area contributed by atoms with E-state index in [2.05, 4.69) is 16.4 Å². The van der Waals surface area contributed by atoms with E-state index in [1.807, 2.05) is 67.6 Å². The maximum atomic E-state index is 12.4. The smallest absolute Gasteiger partial charge is 0.230 e. The Kier molecular flexibility index (Phi) is 6.88. The van der Waals surface area contributed by atoms with Gasteiger partial charge in [0.15, 0.2) is 0 Å². The molecular formula is C23H21N3O2S. The summed E-state index contributed by atoms with van der Waals surface area (Å²) in [6.45, 7) is 1.95. The first-order valence-electron chi connectivity index (χ1n) is 9.13. The lowest BCUT2D eigenvalue weighted by atomic mass is 10.1. The lowest BCUT2D eigenvalue weighted by Crippen LogP contribution is -2.28. The highest BCUT2D eigenvalue weighted by Gasteiger charge is 2.13. The molecule has 0 radical (unpaired) electrons. The molecule has 3 aromatic rings. The zero-order chi connectivity index (χ0) is 20.6. The van der Waals surface area contributed by atoms with Crippen LogP contribution in [0, 0.1) is 11.3 Å². The largest absolute Gasteiger partial charge is 0.497 e. The SMILES string of the molecule is COc1ccc(-c2ccc(C#N)c(SCC(=O)N[C@@H](C)c3ccccc3)n2)cc1. The van der Waals surface area contributed by atoms with Gasteiger partial charge in [-0.15, -0.1) is 0 Å². The van der Waals surface area contributed by atoms with Gasteiger partial charge in [0, 0.05) is 5.56 Å². The zero-order valence-electron chi connectivity index (χ0n) is 16.3. The number of hydrogen-bond acceptors (Lipinski definition) is 5. The summed E-state index contributed by atoms with van der Waals surface area (Å²) in [6, 6.07) is 22.9. The lowest BCUT2D eigenvalue weighted by molar-refractivity contribution is -0.119. The number of ether oxygens (including phenoxy) is 1. The highest BCUT2D eigenvalue weighted by Crippen LogP contribution is 2.26. The van der Waals surface area contributed by atoms with Gasteiger partial charge in [0.25, 0.3) is 0 Å². The summed E-state index contributed by atoms with van der Waals surface area (Å²) in [5.74, 6) is 0.846. The number of hydrogen-bond donors (Lipinski definition) is 1. The molecular weight excluding hydrogens is 382 g/mol. The van der Waals surface area contributed by atoms with Crippen LogP contribution in [0.2, 0.25) is 0 Å². The van der Waals surface area contributed by atoms with E-state index in [1.165, 1.54) is 11.8 Å². The van der Waals surface area contributed by atoms with Crippen molar-refractivity contribution in [1.82, 2.24) is 10.3 Å². The molecule has 0 unspecified atom stereocenters. The van der Waals surface area contributed by atoms with Crippen molar-refractivity contribution in [1.29, 1.82) is 5.26 Å². The van der Waals surface area contributed by atoms with E-state index in [0.29, 0.717) is 10.6 Å². The first kappa shape index (κ1) is 20.4. The molecule has 3 rings (SSSR count). The second kappa shape index (κ2) is 9.76. The van der Waals surface area contributed by atoms with Gasteiger partial charge < -0.3 is 10.1 Å². The van der Waals surface area contributed by atoms with Gasteiger partial charge in [-0.1, -0.05) is 42.1 Å². The Labute approximate surface area is 174 Å². The number of amides is 1. The van der Waals surface area contributed by atoms with E-state index >= 15 is 0 Å². The minimum atomic E-state index is -0.105. The van der Waals surface area contributed by atoms with E-state index < -0.39 is 0 Å². The van der Waals surface area contributed by atoms with Crippen LogP contribution < -0.4 is 10.1 Å². The van der Waals surface area contributed by atoms with Crippen LogP contribution in [-0.2, 0) is 4.79 Å². The second-order valence-corrected chi connectivity index (χ2v) is 7.34. The predicted molar refractivity (Wildman–Crippen MR) is 115 cm³/mol. The summed E-state index contributed by atoms with van der Waals surface area (Å²) in [5, 5.41) is 12.9. The topological polar surface area (TPSA) is 75.0 Å². The molecule has 146 valence electrons. The highest BCUT2D eigenvalue weighted by molar-refractivity contribution is 8.00. The molecule has 1 amide bonds. The van der Waals surface area contributed by atoms with Gasteiger partial charge in [0.05, 0.1) is 30.2 Å². The molecule has 29 heavy (non-hydrogen) atoms. The molecule has 5 nitrogen and oxygen atoms in total. The van der Waals surface area contributed by atoms with Crippen molar-refractivity contribution in [3.05, 3.63) is 77.9 Å². The van der Waals surface area contributed by atoms with Crippen LogP contribution in [0.3, 0.4) is 0 Å².